The SMILES string of the molecule is Nc1ncc(-c2cnn(C3CCN(CCc4cn(C5CCN(C(=O)CNc6ccc7c(c6)C(=O)N(C6CCC(=O)NC6=O)C7=O)CC5)nn4)CC3)c2)nc1C(=O)O[C@@H](C(=O)Nc1ccc(F)cc1)c1ccccc1. The number of hydrogen-bond donors (Lipinski definition) is 4. The lowest BCUT2D eigenvalue weighted by Gasteiger charge is -2.32. The predicted molar refractivity (Wildman–Crippen MR) is 262 cm³/mol. The number of nitrogens with two attached hydrogens (primary N) is 1. The Balaban J connectivity index is 0.665. The number of rotatable bonds is 15. The summed E-state index contributed by atoms with van der Waals surface area (Å²) in [6.45, 7) is 3.55. The lowest BCUT2D eigenvalue weighted by Crippen LogP contribution is -2.54. The van der Waals surface area contributed by atoms with Crippen molar-refractivity contribution in [3.8, 4) is 11.3 Å². The highest BCUT2D eigenvalue weighted by atomic mass is 19.1. The first kappa shape index (κ1) is 48.9. The fraction of sp³-hybridized carbons (Fsp3) is 0.333. The van der Waals surface area contributed by atoms with E-state index >= 15 is 0 Å². The molecule has 0 bridgehead atoms. The highest BCUT2D eigenvalue weighted by Gasteiger charge is 2.45. The minimum Gasteiger partial charge on any atom is -0.442 e. The zero-order valence-corrected chi connectivity index (χ0v) is 39.9. The topological polar surface area (TPSA) is 275 Å². The molecule has 3 saturated heterocycles. The van der Waals surface area contributed by atoms with Crippen LogP contribution < -0.4 is 21.7 Å². The van der Waals surface area contributed by atoms with E-state index in [4.69, 9.17) is 10.5 Å². The number of nitrogen functional groups attached to an aromatic ring is 1. The lowest BCUT2D eigenvalue weighted by molar-refractivity contribution is -0.136. The van der Waals surface area contributed by atoms with Gasteiger partial charge in [-0.15, -0.1) is 5.10 Å². The van der Waals surface area contributed by atoms with Gasteiger partial charge in [0.1, 0.15) is 11.9 Å². The van der Waals surface area contributed by atoms with E-state index in [-0.39, 0.29) is 60.0 Å². The molecule has 5 N–H and O–H groups in total. The summed E-state index contributed by atoms with van der Waals surface area (Å²) in [5.74, 6) is -4.69. The summed E-state index contributed by atoms with van der Waals surface area (Å²) in [5, 5.41) is 21.5. The van der Waals surface area contributed by atoms with Crippen molar-refractivity contribution in [2.75, 3.05) is 55.6 Å². The first-order chi connectivity index (χ1) is 35.8. The van der Waals surface area contributed by atoms with Crippen molar-refractivity contribution < 1.29 is 42.7 Å². The summed E-state index contributed by atoms with van der Waals surface area (Å²) in [6, 6.07) is 17.5. The minimum atomic E-state index is -1.38. The second kappa shape index (κ2) is 21.2. The molecule has 23 heteroatoms. The molecule has 0 radical (unpaired) electrons. The normalized spacial score (nSPS) is 18.0. The smallest absolute Gasteiger partial charge is 0.361 e. The van der Waals surface area contributed by atoms with E-state index < -0.39 is 53.5 Å². The molecule has 6 amide bonds. The van der Waals surface area contributed by atoms with Gasteiger partial charge in [0.25, 0.3) is 17.7 Å². The number of piperidine rings is 3. The number of carbonyl (C=O) groups is 7. The summed E-state index contributed by atoms with van der Waals surface area (Å²) in [5.41, 5.74) is 9.22. The Bertz CT molecular complexity index is 3130. The monoisotopic (exact) mass is 1010 g/mol. The number of fused-ring (bicyclic) bond motifs is 1. The predicted octanol–water partition coefficient (Wildman–Crippen LogP) is 3.75. The maximum Gasteiger partial charge on any atom is 0.361 e. The number of nitrogens with one attached hydrogen (secondary N) is 3. The van der Waals surface area contributed by atoms with Gasteiger partial charge in [0.05, 0.1) is 53.5 Å². The van der Waals surface area contributed by atoms with Crippen molar-refractivity contribution in [2.24, 2.45) is 0 Å². The third-order valence-electron chi connectivity index (χ3n) is 13.8. The van der Waals surface area contributed by atoms with Crippen LogP contribution in [0.2, 0.25) is 0 Å². The number of likely N-dealkylation sites (tertiary alicyclic amines) is 2. The highest BCUT2D eigenvalue weighted by Crippen LogP contribution is 2.31. The average molecular weight is 1010 g/mol. The fourth-order valence-electron chi connectivity index (χ4n) is 9.70. The van der Waals surface area contributed by atoms with Crippen LogP contribution in [0.25, 0.3) is 11.3 Å². The summed E-state index contributed by atoms with van der Waals surface area (Å²) < 4.78 is 23.0. The lowest BCUT2D eigenvalue weighted by atomic mass is 10.0. The van der Waals surface area contributed by atoms with Gasteiger partial charge in [-0.1, -0.05) is 35.5 Å². The molecule has 0 aliphatic carbocycles. The number of anilines is 3. The van der Waals surface area contributed by atoms with Crippen molar-refractivity contribution >= 4 is 58.6 Å². The van der Waals surface area contributed by atoms with Crippen molar-refractivity contribution in [1.29, 1.82) is 0 Å². The number of carbonyl (C=O) groups excluding carboxylic acids is 7. The van der Waals surface area contributed by atoms with Gasteiger partial charge in [0.2, 0.25) is 23.8 Å². The molecular formula is C51H51FN14O8. The van der Waals surface area contributed by atoms with Crippen LogP contribution in [0.5, 0.6) is 0 Å². The number of esters is 1. The van der Waals surface area contributed by atoms with Crippen LogP contribution in [-0.2, 0) is 30.3 Å². The Morgan fingerprint density at radius 3 is 2.30 bits per heavy atom. The molecule has 4 aliphatic heterocycles. The van der Waals surface area contributed by atoms with Crippen molar-refractivity contribution in [1.82, 2.24) is 54.8 Å². The van der Waals surface area contributed by atoms with E-state index in [0.29, 0.717) is 54.1 Å². The first-order valence-electron chi connectivity index (χ1n) is 24.3. The fourth-order valence-corrected chi connectivity index (χ4v) is 9.70. The summed E-state index contributed by atoms with van der Waals surface area (Å²) >= 11 is 0. The van der Waals surface area contributed by atoms with E-state index in [1.165, 1.54) is 42.6 Å². The van der Waals surface area contributed by atoms with Crippen LogP contribution in [0.1, 0.15) is 99.2 Å². The molecule has 0 saturated carbocycles. The Morgan fingerprint density at radius 1 is 0.824 bits per heavy atom. The van der Waals surface area contributed by atoms with Crippen LogP contribution in [0.3, 0.4) is 0 Å². The van der Waals surface area contributed by atoms with Gasteiger partial charge in [0, 0.05) is 80.5 Å². The van der Waals surface area contributed by atoms with Gasteiger partial charge < -0.3 is 30.9 Å². The molecule has 3 fully saturated rings. The van der Waals surface area contributed by atoms with Gasteiger partial charge in [-0.05, 0) is 74.6 Å². The van der Waals surface area contributed by atoms with Crippen molar-refractivity contribution in [3.63, 3.8) is 0 Å². The van der Waals surface area contributed by atoms with Crippen LogP contribution in [-0.4, -0.2) is 136 Å². The third kappa shape index (κ3) is 10.6. The van der Waals surface area contributed by atoms with Crippen LogP contribution >= 0.6 is 0 Å². The van der Waals surface area contributed by atoms with E-state index in [9.17, 15) is 38.0 Å². The third-order valence-corrected chi connectivity index (χ3v) is 13.8. The number of aromatic nitrogens is 7. The molecule has 4 aliphatic rings. The Labute approximate surface area is 422 Å². The largest absolute Gasteiger partial charge is 0.442 e. The van der Waals surface area contributed by atoms with E-state index in [0.717, 1.165) is 49.5 Å². The Kier molecular flexibility index (Phi) is 14.0. The molecule has 0 spiro atoms. The number of halogens is 1. The van der Waals surface area contributed by atoms with Gasteiger partial charge in [-0.2, -0.15) is 5.10 Å². The van der Waals surface area contributed by atoms with Crippen molar-refractivity contribution in [3.05, 3.63) is 131 Å². The standard InChI is InChI=1S/C51H51FN14O8/c52-32-6-8-33(9-7-32)57-48(70)45(30-4-2-1-3-5-30)74-51(73)44-46(53)55-26-40(58-44)31-25-56-64(28-31)36-15-20-62(21-16-36)19-14-35-29-65(61-60-35)37-17-22-63(23-18-37)43(68)27-54-34-10-11-38-39(24-34)50(72)66(49(38)71)41-12-13-42(67)59-47(41)69/h1-11,24-26,28-29,36-37,41,45,54H,12-23,27H2,(H2,53,55)(H,57,70)(H,59,67,69)/t41?,45-/m1/s1. The maximum atomic E-state index is 13.6. The van der Waals surface area contributed by atoms with Gasteiger partial charge in [-0.3, -0.25) is 43.7 Å². The Hall–Kier alpha value is -8.73. The quantitative estimate of drug-likeness (QED) is 0.0842. The Morgan fingerprint density at radius 2 is 1.54 bits per heavy atom. The van der Waals surface area contributed by atoms with E-state index in [1.807, 2.05) is 21.8 Å². The van der Waals surface area contributed by atoms with Crippen molar-refractivity contribution in [2.45, 2.75) is 69.2 Å². The molecule has 22 nitrogen and oxygen atoms in total. The van der Waals surface area contributed by atoms with Crippen LogP contribution in [0, 0.1) is 5.82 Å². The van der Waals surface area contributed by atoms with Gasteiger partial charge in [-0.25, -0.2) is 23.8 Å². The summed E-state index contributed by atoms with van der Waals surface area (Å²) in [7, 11) is 0. The number of hydrogen-bond acceptors (Lipinski definition) is 16. The molecule has 3 aromatic heterocycles. The number of ether oxygens (including phenoxy) is 1. The summed E-state index contributed by atoms with van der Waals surface area (Å²) in [4.78, 5) is 104. The maximum absolute atomic E-state index is 13.6. The molecule has 380 valence electrons. The molecule has 74 heavy (non-hydrogen) atoms. The highest BCUT2D eigenvalue weighted by molar-refractivity contribution is 6.23. The zero-order chi connectivity index (χ0) is 51.5. The number of benzene rings is 3. The molecular weight excluding hydrogens is 956 g/mol. The first-order valence-corrected chi connectivity index (χ1v) is 24.3. The number of imide groups is 2. The van der Waals surface area contributed by atoms with Crippen LogP contribution in [0.15, 0.2) is 97.6 Å². The zero-order valence-electron chi connectivity index (χ0n) is 39.9. The number of amides is 6. The molecule has 10 rings (SSSR count). The van der Waals surface area contributed by atoms with Crippen LogP contribution in [0.4, 0.5) is 21.6 Å². The molecule has 7 heterocycles. The van der Waals surface area contributed by atoms with E-state index in [1.54, 1.807) is 47.5 Å². The molecule has 3 aromatic carbocycles. The minimum absolute atomic E-state index is 0.0140. The van der Waals surface area contributed by atoms with Gasteiger partial charge >= 0.3 is 5.97 Å². The number of nitrogens with zero attached hydrogens (tertiary/aromatic N) is 10. The second-order valence-electron chi connectivity index (χ2n) is 18.6. The molecule has 6 aromatic rings. The molecule has 1 unspecified atom stereocenters. The second-order valence-corrected chi connectivity index (χ2v) is 18.6. The molecule has 2 atom stereocenters. The average Bonchev–Trinajstić information content (AvgIpc) is 4.17. The van der Waals surface area contributed by atoms with E-state index in [2.05, 4.69) is 46.2 Å². The van der Waals surface area contributed by atoms with Gasteiger partial charge in [0.15, 0.2) is 11.5 Å². The summed E-state index contributed by atoms with van der Waals surface area (Å²) in [6.07, 6.45) is 9.52.